The van der Waals surface area contributed by atoms with Gasteiger partial charge in [-0.2, -0.15) is 0 Å². The lowest BCUT2D eigenvalue weighted by atomic mass is 10.0. The molecule has 0 aliphatic carbocycles. The summed E-state index contributed by atoms with van der Waals surface area (Å²) in [5.74, 6) is 3.36. The van der Waals surface area contributed by atoms with Gasteiger partial charge in [0.1, 0.15) is 0 Å². The van der Waals surface area contributed by atoms with Crippen molar-refractivity contribution in [1.82, 2.24) is 10.6 Å². The summed E-state index contributed by atoms with van der Waals surface area (Å²) in [5.41, 5.74) is 0. The minimum atomic E-state index is -0.0951. The molecule has 2 N–H and O–H groups in total. The average molecular weight is 1400 g/mol. The number of ether oxygens (including phenoxy) is 3. The van der Waals surface area contributed by atoms with Crippen LogP contribution in [-0.4, -0.2) is 96.5 Å². The highest BCUT2D eigenvalue weighted by Gasteiger charge is 2.08. The first kappa shape index (κ1) is 95.4. The number of carbonyl (C=O) groups excluding carboxylic acids is 6. The Bertz CT molecular complexity index is 1610. The molecule has 548 valence electrons. The highest BCUT2D eigenvalue weighted by molar-refractivity contribution is 8.77. The number of unbranched alkanes of at least 4 members (excludes halogenated alkanes) is 45. The van der Waals surface area contributed by atoms with E-state index in [1.54, 1.807) is 55.3 Å². The molecule has 0 unspecified atom stereocenters. The maximum atomic E-state index is 12.0. The number of hydrogen-bond acceptors (Lipinski definition) is 14. The molecule has 0 aromatic heterocycles. The highest BCUT2D eigenvalue weighted by Crippen LogP contribution is 2.24. The SMILES string of the molecule is C/C=C/C=C/C(=O)SCCNC(C)=O.CCCCCCCCCCCCCCCCCCOC(=O)CCSSCCC(=O)OCCCCCCCCCCCCCCCCCC.CCCCCCCCCCCCCCCCCCOC(=O)CCSSCCNC(C)=O. The average Bonchev–Trinajstić information content (AvgIpc) is 3.59. The zero-order valence-electron chi connectivity index (χ0n) is 61.2. The van der Waals surface area contributed by atoms with Crippen molar-refractivity contribution in [2.75, 3.05) is 61.7 Å². The summed E-state index contributed by atoms with van der Waals surface area (Å²) in [6, 6.07) is 0. The van der Waals surface area contributed by atoms with Crippen molar-refractivity contribution in [3.05, 3.63) is 24.3 Å². The van der Waals surface area contributed by atoms with E-state index in [0.717, 1.165) is 55.1 Å². The summed E-state index contributed by atoms with van der Waals surface area (Å²) in [6.45, 7) is 14.6. The molecule has 0 spiro atoms. The van der Waals surface area contributed by atoms with Crippen molar-refractivity contribution >= 4 is 89.8 Å². The Kier molecular flexibility index (Phi) is 88.6. The van der Waals surface area contributed by atoms with Gasteiger partial charge in [0.25, 0.3) is 0 Å². The predicted molar refractivity (Wildman–Crippen MR) is 414 cm³/mol. The number of amides is 2. The first-order valence-corrected chi connectivity index (χ1v) is 44.4. The van der Waals surface area contributed by atoms with Crippen LogP contribution in [0.15, 0.2) is 24.3 Å². The van der Waals surface area contributed by atoms with E-state index in [-0.39, 0.29) is 34.8 Å². The van der Waals surface area contributed by atoms with Crippen molar-refractivity contribution in [3.8, 4) is 0 Å². The molecule has 0 aromatic carbocycles. The normalized spacial score (nSPS) is 11.1. The minimum Gasteiger partial charge on any atom is -0.466 e. The molecule has 0 bridgehead atoms. The Morgan fingerprint density at radius 3 is 0.763 bits per heavy atom. The third-order valence-electron chi connectivity index (χ3n) is 15.9. The Labute approximate surface area is 594 Å². The topological polar surface area (TPSA) is 154 Å². The third kappa shape index (κ3) is 94.5. The molecule has 0 radical (unpaired) electrons. The van der Waals surface area contributed by atoms with Crippen molar-refractivity contribution < 1.29 is 43.0 Å². The van der Waals surface area contributed by atoms with Crippen LogP contribution in [0, 0.1) is 0 Å². The number of nitrogens with one attached hydrogen (secondary N) is 2. The number of esters is 3. The first-order valence-electron chi connectivity index (χ1n) is 38.4. The molecule has 11 nitrogen and oxygen atoms in total. The molecule has 0 aliphatic heterocycles. The zero-order valence-corrected chi connectivity index (χ0v) is 65.2. The molecule has 0 rings (SSSR count). The van der Waals surface area contributed by atoms with Gasteiger partial charge in [-0.3, -0.25) is 28.8 Å². The van der Waals surface area contributed by atoms with Gasteiger partial charge in [0.05, 0.1) is 39.1 Å². The van der Waals surface area contributed by atoms with E-state index in [1.165, 1.54) is 308 Å². The number of thioether (sulfide) groups is 1. The van der Waals surface area contributed by atoms with Crippen LogP contribution < -0.4 is 10.6 Å². The molecule has 0 aliphatic rings. The summed E-state index contributed by atoms with van der Waals surface area (Å²) >= 11 is 1.19. The van der Waals surface area contributed by atoms with Gasteiger partial charge < -0.3 is 24.8 Å². The molecule has 0 fully saturated rings. The van der Waals surface area contributed by atoms with E-state index < -0.39 is 0 Å². The first-order chi connectivity index (χ1) is 45.5. The van der Waals surface area contributed by atoms with Crippen LogP contribution in [0.1, 0.15) is 369 Å². The maximum Gasteiger partial charge on any atom is 0.306 e. The zero-order chi connectivity index (χ0) is 68.5. The standard InChI is InChI=1S/C42H82O4S2.C25H49NO3S2.C10H15NO2S/c1-3-5-7-9-11-13-15-17-19-21-23-25-27-29-31-33-37-45-41(43)35-39-47-48-40-36-42(44)46-38-34-32-30-28-26-24-22-20-18-16-14-12-10-8-6-4-2;1-3-4-5-6-7-8-9-10-11-12-13-14-15-16-17-18-21-29-25(28)19-22-30-31-23-20-26-24(2)27;1-3-4-5-6-10(13)14-8-7-11-9(2)12/h3-40H2,1-2H3;3-23H2,1-2H3,(H,26,27);3-6H,7-8H2,1-2H3,(H,11,12)/b;;4-3+,6-5+. The van der Waals surface area contributed by atoms with Gasteiger partial charge in [-0.25, -0.2) is 0 Å². The van der Waals surface area contributed by atoms with Gasteiger partial charge in [-0.05, 0) is 32.3 Å². The van der Waals surface area contributed by atoms with Gasteiger partial charge in [-0.15, -0.1) is 0 Å². The van der Waals surface area contributed by atoms with Crippen LogP contribution in [0.5, 0.6) is 0 Å². The fraction of sp³-hybridized carbons (Fsp3) is 0.870. The van der Waals surface area contributed by atoms with Gasteiger partial charge in [-0.1, -0.05) is 383 Å². The molecule has 16 heteroatoms. The number of rotatable bonds is 70. The van der Waals surface area contributed by atoms with Crippen LogP contribution in [0.2, 0.25) is 0 Å². The van der Waals surface area contributed by atoms with E-state index in [4.69, 9.17) is 14.2 Å². The summed E-state index contributed by atoms with van der Waals surface area (Å²) in [7, 11) is 6.64. The van der Waals surface area contributed by atoms with Crippen molar-refractivity contribution in [1.29, 1.82) is 0 Å². The molecule has 0 saturated heterocycles. The van der Waals surface area contributed by atoms with Crippen molar-refractivity contribution in [3.63, 3.8) is 0 Å². The minimum absolute atomic E-state index is 0.00302. The van der Waals surface area contributed by atoms with E-state index in [1.807, 2.05) is 13.0 Å². The Hall–Kier alpha value is -1.75. The molecule has 2 amide bonds. The van der Waals surface area contributed by atoms with Crippen molar-refractivity contribution in [2.45, 2.75) is 369 Å². The lowest BCUT2D eigenvalue weighted by Gasteiger charge is -2.06. The van der Waals surface area contributed by atoms with Crippen LogP contribution in [0.4, 0.5) is 0 Å². The van der Waals surface area contributed by atoms with Crippen molar-refractivity contribution in [2.24, 2.45) is 0 Å². The third-order valence-corrected chi connectivity index (χ3v) is 21.6. The van der Waals surface area contributed by atoms with E-state index in [0.29, 0.717) is 57.9 Å². The molecule has 93 heavy (non-hydrogen) atoms. The van der Waals surface area contributed by atoms with Crippen LogP contribution in [0.25, 0.3) is 0 Å². The van der Waals surface area contributed by atoms with E-state index >= 15 is 0 Å². The molecular weight excluding hydrogens is 1260 g/mol. The highest BCUT2D eigenvalue weighted by atomic mass is 33.1. The lowest BCUT2D eigenvalue weighted by molar-refractivity contribution is -0.144. The number of hydrogen-bond donors (Lipinski definition) is 2. The summed E-state index contributed by atoms with van der Waals surface area (Å²) in [5, 5.41) is 5.38. The Balaban J connectivity index is -0.00000152. The fourth-order valence-corrected chi connectivity index (χ4v) is 14.7. The molecule has 0 atom stereocenters. The molecule has 0 saturated carbocycles. The Morgan fingerprint density at radius 1 is 0.301 bits per heavy atom. The van der Waals surface area contributed by atoms with Gasteiger partial charge in [0.2, 0.25) is 16.9 Å². The van der Waals surface area contributed by atoms with Gasteiger partial charge >= 0.3 is 17.9 Å². The summed E-state index contributed by atoms with van der Waals surface area (Å²) in [4.78, 5) is 67.9. The van der Waals surface area contributed by atoms with Crippen LogP contribution >= 0.6 is 54.9 Å². The van der Waals surface area contributed by atoms with Gasteiger partial charge in [0.15, 0.2) is 0 Å². The largest absolute Gasteiger partial charge is 0.466 e. The number of allylic oxidation sites excluding steroid dienone is 3. The van der Waals surface area contributed by atoms with E-state index in [2.05, 4.69) is 31.4 Å². The predicted octanol–water partition coefficient (Wildman–Crippen LogP) is 24.0. The maximum absolute atomic E-state index is 12.0. The second-order valence-electron chi connectivity index (χ2n) is 25.1. The summed E-state index contributed by atoms with van der Waals surface area (Å²) in [6.07, 6.45) is 73.0. The second kappa shape index (κ2) is 86.3. The van der Waals surface area contributed by atoms with E-state index in [9.17, 15) is 28.8 Å². The van der Waals surface area contributed by atoms with Gasteiger partial charge in [0, 0.05) is 55.7 Å². The quantitative estimate of drug-likeness (QED) is 0.0148. The monoisotopic (exact) mass is 1400 g/mol. The number of carbonyl (C=O) groups is 6. The smallest absolute Gasteiger partial charge is 0.306 e. The second-order valence-corrected chi connectivity index (χ2v) is 31.6. The fourth-order valence-electron chi connectivity index (χ4n) is 10.3. The lowest BCUT2D eigenvalue weighted by Crippen LogP contribution is -2.22. The molecule has 0 heterocycles. The Morgan fingerprint density at radius 2 is 0.527 bits per heavy atom. The van der Waals surface area contributed by atoms with Crippen LogP contribution in [0.3, 0.4) is 0 Å². The molecule has 0 aromatic rings. The molecular formula is C77H146N2O9S5. The summed E-state index contributed by atoms with van der Waals surface area (Å²) < 4.78 is 16.1. The van der Waals surface area contributed by atoms with Crippen LogP contribution in [-0.2, 0) is 43.0 Å².